The van der Waals surface area contributed by atoms with E-state index in [1.807, 2.05) is 30.3 Å². The molecule has 1 amide bonds. The molecule has 188 valence electrons. The van der Waals surface area contributed by atoms with Crippen molar-refractivity contribution in [2.45, 2.75) is 55.5 Å². The van der Waals surface area contributed by atoms with Gasteiger partial charge in [0.2, 0.25) is 10.0 Å². The van der Waals surface area contributed by atoms with E-state index in [4.69, 9.17) is 0 Å². The lowest BCUT2D eigenvalue weighted by Gasteiger charge is -2.21. The Morgan fingerprint density at radius 2 is 1.56 bits per heavy atom. The van der Waals surface area contributed by atoms with Crippen molar-refractivity contribution in [2.24, 2.45) is 0 Å². The van der Waals surface area contributed by atoms with Crippen molar-refractivity contribution in [3.05, 3.63) is 101 Å². The van der Waals surface area contributed by atoms with Gasteiger partial charge in [0.25, 0.3) is 5.91 Å². The number of carbonyl (C=O) groups excluding carboxylic acids is 2. The lowest BCUT2D eigenvalue weighted by Crippen LogP contribution is -2.45. The molecule has 0 heterocycles. The van der Waals surface area contributed by atoms with Gasteiger partial charge in [-0.15, -0.1) is 0 Å². The molecule has 1 saturated carbocycles. The summed E-state index contributed by atoms with van der Waals surface area (Å²) in [7, 11) is -3.69. The van der Waals surface area contributed by atoms with Crippen LogP contribution in [0.5, 0.6) is 0 Å². The molecule has 2 atom stereocenters. The second-order valence-electron chi connectivity index (χ2n) is 10.2. The maximum absolute atomic E-state index is 13.6. The third-order valence-electron chi connectivity index (χ3n) is 6.14. The van der Waals surface area contributed by atoms with Gasteiger partial charge in [-0.05, 0) is 74.7 Å². The summed E-state index contributed by atoms with van der Waals surface area (Å²) in [6.07, 6.45) is 0.477. The average Bonchev–Trinajstić information content (AvgIpc) is 3.54. The highest BCUT2D eigenvalue weighted by atomic mass is 32.2. The molecule has 0 bridgehead atoms. The zero-order chi connectivity index (χ0) is 26.1. The van der Waals surface area contributed by atoms with E-state index in [2.05, 4.69) is 10.0 Å². The zero-order valence-corrected chi connectivity index (χ0v) is 21.2. The van der Waals surface area contributed by atoms with Gasteiger partial charge < -0.3 is 5.32 Å². The molecule has 1 aliphatic carbocycles. The highest BCUT2D eigenvalue weighted by Crippen LogP contribution is 2.52. The molecule has 4 rings (SSSR count). The Balaban J connectivity index is 1.55. The number of hydrogen-bond acceptors (Lipinski definition) is 4. The lowest BCUT2D eigenvalue weighted by molar-refractivity contribution is -0.121. The highest BCUT2D eigenvalue weighted by molar-refractivity contribution is 7.89. The van der Waals surface area contributed by atoms with Crippen molar-refractivity contribution in [1.29, 1.82) is 0 Å². The van der Waals surface area contributed by atoms with Crippen LogP contribution in [-0.4, -0.2) is 31.2 Å². The molecule has 8 heteroatoms. The molecular weight excluding hydrogens is 479 g/mol. The molecule has 3 aromatic carbocycles. The normalized spacial score (nSPS) is 19.5. The first kappa shape index (κ1) is 25.7. The van der Waals surface area contributed by atoms with Crippen LogP contribution in [0.4, 0.5) is 4.39 Å². The molecule has 0 aromatic heterocycles. The first-order valence-electron chi connectivity index (χ1n) is 11.7. The fourth-order valence-electron chi connectivity index (χ4n) is 4.33. The third kappa shape index (κ3) is 5.71. The number of halogens is 1. The molecule has 36 heavy (non-hydrogen) atoms. The molecule has 6 nitrogen and oxygen atoms in total. The van der Waals surface area contributed by atoms with Crippen LogP contribution in [0, 0.1) is 5.82 Å². The number of hydrogen-bond donors (Lipinski definition) is 2. The van der Waals surface area contributed by atoms with Crippen LogP contribution >= 0.6 is 0 Å². The number of sulfonamides is 1. The van der Waals surface area contributed by atoms with Gasteiger partial charge in [0, 0.05) is 23.4 Å². The van der Waals surface area contributed by atoms with E-state index in [9.17, 15) is 22.4 Å². The Morgan fingerprint density at radius 1 is 0.944 bits per heavy atom. The van der Waals surface area contributed by atoms with Gasteiger partial charge in [-0.3, -0.25) is 9.59 Å². The van der Waals surface area contributed by atoms with Crippen LogP contribution in [0.25, 0.3) is 0 Å². The smallest absolute Gasteiger partial charge is 0.252 e. The highest BCUT2D eigenvalue weighted by Gasteiger charge is 2.60. The number of ketones is 1. The number of benzene rings is 3. The minimum atomic E-state index is -3.69. The van der Waals surface area contributed by atoms with Crippen LogP contribution in [0.15, 0.2) is 83.8 Å². The molecule has 2 N–H and O–H groups in total. The van der Waals surface area contributed by atoms with Crippen molar-refractivity contribution in [1.82, 2.24) is 10.0 Å². The molecule has 0 spiro atoms. The van der Waals surface area contributed by atoms with E-state index in [-0.39, 0.29) is 28.6 Å². The minimum absolute atomic E-state index is 0.0278. The van der Waals surface area contributed by atoms with E-state index in [1.165, 1.54) is 36.4 Å². The molecule has 0 unspecified atom stereocenters. The van der Waals surface area contributed by atoms with Gasteiger partial charge in [-0.2, -0.15) is 0 Å². The van der Waals surface area contributed by atoms with Gasteiger partial charge in [0.1, 0.15) is 11.4 Å². The number of rotatable bonds is 8. The standard InChI is InChI=1S/C28H29FN2O4S/c1-27(2,3)31-36(34,35)23-15-9-19(10-16-23)17-25(32)28(18-24(28)20-7-5-4-6-8-20)30-26(33)21-11-13-22(29)14-12-21/h4-16,24,31H,17-18H2,1-3H3,(H,30,33)/t24-,28-/m1/s1. The van der Waals surface area contributed by atoms with E-state index in [1.54, 1.807) is 32.9 Å². The first-order valence-corrected chi connectivity index (χ1v) is 13.2. The monoisotopic (exact) mass is 508 g/mol. The lowest BCUT2D eigenvalue weighted by atomic mass is 9.97. The van der Waals surface area contributed by atoms with E-state index in [0.29, 0.717) is 12.0 Å². The topological polar surface area (TPSA) is 92.3 Å². The summed E-state index contributed by atoms with van der Waals surface area (Å²) in [5, 5.41) is 2.92. The van der Waals surface area contributed by atoms with Gasteiger partial charge in [0.05, 0.1) is 4.90 Å². The largest absolute Gasteiger partial charge is 0.339 e. The molecule has 0 radical (unpaired) electrons. The van der Waals surface area contributed by atoms with E-state index < -0.39 is 32.8 Å². The molecule has 3 aromatic rings. The Kier molecular flexibility index (Phi) is 6.86. The summed E-state index contributed by atoms with van der Waals surface area (Å²) in [5.41, 5.74) is 0.138. The van der Waals surface area contributed by atoms with Crippen molar-refractivity contribution < 1.29 is 22.4 Å². The second kappa shape index (κ2) is 9.59. The Bertz CT molecular complexity index is 1370. The molecule has 1 aliphatic rings. The van der Waals surface area contributed by atoms with Crippen LogP contribution in [0.1, 0.15) is 54.6 Å². The maximum atomic E-state index is 13.6. The number of carbonyl (C=O) groups is 2. The fraction of sp³-hybridized carbons (Fsp3) is 0.286. The van der Waals surface area contributed by atoms with E-state index >= 15 is 0 Å². The summed E-state index contributed by atoms with van der Waals surface area (Å²) < 4.78 is 41.1. The van der Waals surface area contributed by atoms with Crippen molar-refractivity contribution in [2.75, 3.05) is 0 Å². The predicted molar refractivity (Wildman–Crippen MR) is 136 cm³/mol. The van der Waals surface area contributed by atoms with Crippen molar-refractivity contribution in [3.8, 4) is 0 Å². The SMILES string of the molecule is CC(C)(C)NS(=O)(=O)c1ccc(CC(=O)[C@@]2(NC(=O)c3ccc(F)cc3)C[C@@H]2c2ccccc2)cc1. The van der Waals surface area contributed by atoms with Crippen LogP contribution < -0.4 is 10.0 Å². The molecule has 0 aliphatic heterocycles. The molecular formula is C28H29FN2O4S. The van der Waals surface area contributed by atoms with Gasteiger partial charge in [-0.25, -0.2) is 17.5 Å². The van der Waals surface area contributed by atoms with Crippen molar-refractivity contribution in [3.63, 3.8) is 0 Å². The number of nitrogens with one attached hydrogen (secondary N) is 2. The summed E-state index contributed by atoms with van der Waals surface area (Å²) in [6, 6.07) is 20.9. The van der Waals surface area contributed by atoms with Gasteiger partial charge >= 0.3 is 0 Å². The predicted octanol–water partition coefficient (Wildman–Crippen LogP) is 4.37. The number of amides is 1. The molecule has 0 saturated heterocycles. The van der Waals surface area contributed by atoms with Gasteiger partial charge in [-0.1, -0.05) is 42.5 Å². The van der Waals surface area contributed by atoms with E-state index in [0.717, 1.165) is 5.56 Å². The Hall–Kier alpha value is -3.36. The average molecular weight is 509 g/mol. The minimum Gasteiger partial charge on any atom is -0.339 e. The summed E-state index contributed by atoms with van der Waals surface area (Å²) >= 11 is 0. The second-order valence-corrected chi connectivity index (χ2v) is 11.9. The van der Waals surface area contributed by atoms with Crippen LogP contribution in [-0.2, 0) is 21.2 Å². The summed E-state index contributed by atoms with van der Waals surface area (Å²) in [4.78, 5) is 26.6. The van der Waals surface area contributed by atoms with Crippen LogP contribution in [0.3, 0.4) is 0 Å². The first-order chi connectivity index (χ1) is 16.9. The zero-order valence-electron chi connectivity index (χ0n) is 20.4. The summed E-state index contributed by atoms with van der Waals surface area (Å²) in [6.45, 7) is 5.28. The quantitative estimate of drug-likeness (QED) is 0.473. The van der Waals surface area contributed by atoms with Crippen LogP contribution in [0.2, 0.25) is 0 Å². The Labute approximate surface area is 211 Å². The fourth-order valence-corrected chi connectivity index (χ4v) is 5.75. The van der Waals surface area contributed by atoms with Gasteiger partial charge in [0.15, 0.2) is 5.78 Å². The van der Waals surface area contributed by atoms with Crippen molar-refractivity contribution >= 4 is 21.7 Å². The number of Topliss-reactive ketones (excluding diaryl/α,β-unsaturated/α-hetero) is 1. The Morgan fingerprint density at radius 3 is 2.14 bits per heavy atom. The third-order valence-corrected chi connectivity index (χ3v) is 7.92. The summed E-state index contributed by atoms with van der Waals surface area (Å²) in [5.74, 6) is -1.26. The molecule has 1 fully saturated rings. The maximum Gasteiger partial charge on any atom is 0.252 e.